The van der Waals surface area contributed by atoms with Crippen LogP contribution in [-0.4, -0.2) is 25.4 Å². The largest absolute Gasteiger partial charge is 0.497 e. The van der Waals surface area contributed by atoms with Crippen LogP contribution in [0.2, 0.25) is 5.02 Å². The highest BCUT2D eigenvalue weighted by molar-refractivity contribution is 7.99. The molecular weight excluding hydrogens is 318 g/mol. The molecule has 0 aromatic heterocycles. The molecule has 2 rings (SSSR count). The van der Waals surface area contributed by atoms with Gasteiger partial charge in [-0.2, -0.15) is 0 Å². The van der Waals surface area contributed by atoms with E-state index >= 15 is 0 Å². The first-order chi connectivity index (χ1) is 10.7. The van der Waals surface area contributed by atoms with Gasteiger partial charge >= 0.3 is 0 Å². The molecule has 0 aliphatic carbocycles. The van der Waals surface area contributed by atoms with Gasteiger partial charge < -0.3 is 15.8 Å². The van der Waals surface area contributed by atoms with Crippen LogP contribution in [0.25, 0.3) is 0 Å². The number of nitrogens with two attached hydrogens (primary N) is 1. The van der Waals surface area contributed by atoms with Gasteiger partial charge in [-0.05, 0) is 36.4 Å². The molecule has 0 radical (unpaired) electrons. The van der Waals surface area contributed by atoms with Crippen LogP contribution in [0.15, 0.2) is 58.4 Å². The molecule has 3 N–H and O–H groups in total. The lowest BCUT2D eigenvalue weighted by Crippen LogP contribution is -2.23. The Morgan fingerprint density at radius 1 is 1.27 bits per heavy atom. The van der Waals surface area contributed by atoms with Gasteiger partial charge in [0.1, 0.15) is 5.75 Å². The maximum absolute atomic E-state index is 5.87. The molecule has 4 nitrogen and oxygen atoms in total. The van der Waals surface area contributed by atoms with Crippen LogP contribution in [0.4, 0.5) is 5.69 Å². The van der Waals surface area contributed by atoms with Crippen LogP contribution in [0, 0.1) is 0 Å². The van der Waals surface area contributed by atoms with Gasteiger partial charge in [0.15, 0.2) is 5.96 Å². The topological polar surface area (TPSA) is 59.6 Å². The summed E-state index contributed by atoms with van der Waals surface area (Å²) >= 11 is 7.56. The Hall–Kier alpha value is -1.85. The molecule has 0 unspecified atom stereocenters. The summed E-state index contributed by atoms with van der Waals surface area (Å²) in [6.07, 6.45) is 0. The van der Waals surface area contributed by atoms with Crippen molar-refractivity contribution < 1.29 is 4.74 Å². The standard InChI is InChI=1S/C16H18ClN3OS/c1-21-14-4-2-3-13(11-14)20-16(18)19-9-10-22-15-7-5-12(17)6-8-15/h2-8,11H,9-10H2,1H3,(H3,18,19,20). The number of nitrogens with one attached hydrogen (secondary N) is 1. The molecule has 116 valence electrons. The number of thioether (sulfide) groups is 1. The van der Waals surface area contributed by atoms with Crippen molar-refractivity contribution >= 4 is 35.0 Å². The highest BCUT2D eigenvalue weighted by Gasteiger charge is 1.98. The molecule has 0 atom stereocenters. The molecule has 2 aromatic carbocycles. The average molecular weight is 336 g/mol. The number of hydrogen-bond acceptors (Lipinski definition) is 3. The first kappa shape index (κ1) is 16.5. The summed E-state index contributed by atoms with van der Waals surface area (Å²) in [4.78, 5) is 5.47. The minimum Gasteiger partial charge on any atom is -0.497 e. The molecule has 22 heavy (non-hydrogen) atoms. The number of methoxy groups -OCH3 is 1. The van der Waals surface area contributed by atoms with E-state index < -0.39 is 0 Å². The summed E-state index contributed by atoms with van der Waals surface area (Å²) in [7, 11) is 1.63. The van der Waals surface area contributed by atoms with Gasteiger partial charge in [-0.1, -0.05) is 17.7 Å². The first-order valence-corrected chi connectivity index (χ1v) is 8.13. The zero-order chi connectivity index (χ0) is 15.8. The number of benzene rings is 2. The number of anilines is 1. The fourth-order valence-corrected chi connectivity index (χ4v) is 2.62. The molecular formula is C16H18ClN3OS. The second-order valence-corrected chi connectivity index (χ2v) is 6.03. The third kappa shape index (κ3) is 5.50. The second-order valence-electron chi connectivity index (χ2n) is 4.43. The summed E-state index contributed by atoms with van der Waals surface area (Å²) < 4.78 is 5.16. The van der Waals surface area contributed by atoms with E-state index in [1.165, 1.54) is 4.90 Å². The fourth-order valence-electron chi connectivity index (χ4n) is 1.75. The number of rotatable bonds is 6. The highest BCUT2D eigenvalue weighted by Crippen LogP contribution is 2.20. The maximum atomic E-state index is 5.87. The zero-order valence-electron chi connectivity index (χ0n) is 12.3. The lowest BCUT2D eigenvalue weighted by atomic mass is 10.3. The normalized spacial score (nSPS) is 11.3. The summed E-state index contributed by atoms with van der Waals surface area (Å²) in [5.74, 6) is 2.02. The molecule has 2 aromatic rings. The second kappa shape index (κ2) is 8.56. The monoisotopic (exact) mass is 335 g/mol. The quantitative estimate of drug-likeness (QED) is 0.364. The van der Waals surface area contributed by atoms with E-state index in [0.29, 0.717) is 12.5 Å². The van der Waals surface area contributed by atoms with E-state index in [1.54, 1.807) is 18.9 Å². The van der Waals surface area contributed by atoms with Crippen molar-refractivity contribution in [3.8, 4) is 5.75 Å². The number of aliphatic imine (C=N–C) groups is 1. The Kier molecular flexibility index (Phi) is 6.43. The molecule has 0 bridgehead atoms. The zero-order valence-corrected chi connectivity index (χ0v) is 13.8. The fraction of sp³-hybridized carbons (Fsp3) is 0.188. The summed E-state index contributed by atoms with van der Waals surface area (Å²) in [6, 6.07) is 15.3. The third-order valence-electron chi connectivity index (χ3n) is 2.80. The lowest BCUT2D eigenvalue weighted by molar-refractivity contribution is 0.415. The van der Waals surface area contributed by atoms with Crippen LogP contribution in [0.3, 0.4) is 0 Å². The van der Waals surface area contributed by atoms with Gasteiger partial charge in [-0.25, -0.2) is 0 Å². The summed E-state index contributed by atoms with van der Waals surface area (Å²) in [6.45, 7) is 0.635. The number of nitrogens with zero attached hydrogens (tertiary/aromatic N) is 1. The van der Waals surface area contributed by atoms with E-state index in [-0.39, 0.29) is 0 Å². The molecule has 0 saturated carbocycles. The van der Waals surface area contributed by atoms with E-state index in [1.807, 2.05) is 48.5 Å². The van der Waals surface area contributed by atoms with Crippen molar-refractivity contribution in [1.29, 1.82) is 0 Å². The Morgan fingerprint density at radius 3 is 2.77 bits per heavy atom. The lowest BCUT2D eigenvalue weighted by Gasteiger charge is -2.07. The molecule has 0 aliphatic rings. The van der Waals surface area contributed by atoms with Gasteiger partial charge in [0.2, 0.25) is 0 Å². The number of halogens is 1. The smallest absolute Gasteiger partial charge is 0.193 e. The molecule has 0 amide bonds. The van der Waals surface area contributed by atoms with Crippen LogP contribution in [0.1, 0.15) is 0 Å². The van der Waals surface area contributed by atoms with Crippen LogP contribution >= 0.6 is 23.4 Å². The number of hydrogen-bond donors (Lipinski definition) is 2. The van der Waals surface area contributed by atoms with Crippen molar-refractivity contribution in [2.45, 2.75) is 4.90 Å². The summed E-state index contributed by atoms with van der Waals surface area (Å²) in [5.41, 5.74) is 6.72. The average Bonchev–Trinajstić information content (AvgIpc) is 2.53. The molecule has 6 heteroatoms. The molecule has 0 heterocycles. The first-order valence-electron chi connectivity index (χ1n) is 6.77. The minimum absolute atomic E-state index is 0.393. The highest BCUT2D eigenvalue weighted by atomic mass is 35.5. The SMILES string of the molecule is COc1cccc(NC(N)=NCCSc2ccc(Cl)cc2)c1. The van der Waals surface area contributed by atoms with Crippen molar-refractivity contribution in [2.24, 2.45) is 10.7 Å². The van der Waals surface area contributed by atoms with Crippen molar-refractivity contribution in [3.05, 3.63) is 53.6 Å². The van der Waals surface area contributed by atoms with E-state index in [2.05, 4.69) is 10.3 Å². The Labute approximate surface area is 139 Å². The van der Waals surface area contributed by atoms with Gasteiger partial charge in [0, 0.05) is 27.4 Å². The number of ether oxygens (including phenoxy) is 1. The van der Waals surface area contributed by atoms with Crippen molar-refractivity contribution in [1.82, 2.24) is 0 Å². The van der Waals surface area contributed by atoms with Gasteiger partial charge in [0.25, 0.3) is 0 Å². The predicted molar refractivity (Wildman–Crippen MR) is 95.3 cm³/mol. The van der Waals surface area contributed by atoms with Crippen LogP contribution in [0.5, 0.6) is 5.75 Å². The third-order valence-corrected chi connectivity index (χ3v) is 4.04. The van der Waals surface area contributed by atoms with Gasteiger partial charge in [-0.15, -0.1) is 11.8 Å². The summed E-state index contributed by atoms with van der Waals surface area (Å²) in [5, 5.41) is 3.79. The Morgan fingerprint density at radius 2 is 2.05 bits per heavy atom. The van der Waals surface area contributed by atoms with Gasteiger partial charge in [-0.3, -0.25) is 4.99 Å². The molecule has 0 aliphatic heterocycles. The Bertz CT molecular complexity index is 632. The molecule has 0 spiro atoms. The van der Waals surface area contributed by atoms with E-state index in [0.717, 1.165) is 22.2 Å². The predicted octanol–water partition coefficient (Wildman–Crippen LogP) is 3.87. The van der Waals surface area contributed by atoms with Crippen molar-refractivity contribution in [2.75, 3.05) is 24.7 Å². The van der Waals surface area contributed by atoms with Crippen molar-refractivity contribution in [3.63, 3.8) is 0 Å². The van der Waals surface area contributed by atoms with E-state index in [4.69, 9.17) is 22.1 Å². The van der Waals surface area contributed by atoms with Crippen LogP contribution in [-0.2, 0) is 0 Å². The maximum Gasteiger partial charge on any atom is 0.193 e. The Balaban J connectivity index is 1.78. The minimum atomic E-state index is 0.393. The van der Waals surface area contributed by atoms with Gasteiger partial charge in [0.05, 0.1) is 13.7 Å². The molecule has 0 saturated heterocycles. The number of guanidine groups is 1. The molecule has 0 fully saturated rings. The van der Waals surface area contributed by atoms with E-state index in [9.17, 15) is 0 Å². The van der Waals surface area contributed by atoms with Crippen LogP contribution < -0.4 is 15.8 Å².